The minimum absolute atomic E-state index is 0.0212. The molecule has 1 atom stereocenters. The van der Waals surface area contributed by atoms with Crippen molar-refractivity contribution >= 4 is 38.8 Å². The molecule has 0 spiro atoms. The van der Waals surface area contributed by atoms with Gasteiger partial charge in [0, 0.05) is 43.3 Å². The van der Waals surface area contributed by atoms with Crippen LogP contribution in [0.1, 0.15) is 5.01 Å². The molecule has 2 N–H and O–H groups in total. The molecule has 2 heterocycles. The zero-order valence-electron chi connectivity index (χ0n) is 13.9. The number of nitrogens with zero attached hydrogens (tertiary/aromatic N) is 3. The van der Waals surface area contributed by atoms with E-state index in [1.54, 1.807) is 11.3 Å². The van der Waals surface area contributed by atoms with Crippen LogP contribution >= 0.6 is 22.9 Å². The van der Waals surface area contributed by atoms with Gasteiger partial charge in [0.15, 0.2) is 0 Å². The van der Waals surface area contributed by atoms with Crippen molar-refractivity contribution in [2.75, 3.05) is 31.1 Å². The van der Waals surface area contributed by atoms with Gasteiger partial charge >= 0.3 is 0 Å². The molecule has 0 radical (unpaired) electrons. The summed E-state index contributed by atoms with van der Waals surface area (Å²) in [5.74, 6) is 0. The van der Waals surface area contributed by atoms with Gasteiger partial charge in [0.25, 0.3) is 0 Å². The van der Waals surface area contributed by atoms with Gasteiger partial charge in [-0.3, -0.25) is 4.90 Å². The van der Waals surface area contributed by atoms with Gasteiger partial charge in [0.1, 0.15) is 0 Å². The molecule has 6 heteroatoms. The van der Waals surface area contributed by atoms with E-state index in [0.717, 1.165) is 48.1 Å². The fourth-order valence-corrected chi connectivity index (χ4v) is 4.42. The smallest absolute Gasteiger partial charge is 0.0967 e. The summed E-state index contributed by atoms with van der Waals surface area (Å²) in [6.45, 7) is 3.90. The highest BCUT2D eigenvalue weighted by molar-refractivity contribution is 7.18. The highest BCUT2D eigenvalue weighted by Crippen LogP contribution is 2.24. The number of halogens is 1. The van der Waals surface area contributed by atoms with Gasteiger partial charge in [0.05, 0.1) is 21.4 Å². The molecule has 25 heavy (non-hydrogen) atoms. The van der Waals surface area contributed by atoms with E-state index in [9.17, 15) is 0 Å². The molecule has 1 fully saturated rings. The Bertz CT molecular complexity index is 807. The monoisotopic (exact) mass is 372 g/mol. The Labute approximate surface area is 156 Å². The van der Waals surface area contributed by atoms with Crippen molar-refractivity contribution in [3.8, 4) is 0 Å². The topological polar surface area (TPSA) is 45.4 Å². The molecule has 0 bridgehead atoms. The SMILES string of the molecule is NC(Cc1nc2ccccc2s1)N1CCN(c2ccc(Cl)cc2)CC1. The highest BCUT2D eigenvalue weighted by atomic mass is 35.5. The van der Waals surface area contributed by atoms with E-state index >= 15 is 0 Å². The summed E-state index contributed by atoms with van der Waals surface area (Å²) in [5, 5.41) is 1.90. The van der Waals surface area contributed by atoms with Gasteiger partial charge in [-0.25, -0.2) is 4.98 Å². The van der Waals surface area contributed by atoms with Gasteiger partial charge in [-0.15, -0.1) is 11.3 Å². The molecule has 1 aromatic heterocycles. The zero-order valence-corrected chi connectivity index (χ0v) is 15.5. The Hall–Kier alpha value is -1.66. The van der Waals surface area contributed by atoms with Crippen LogP contribution in [0.3, 0.4) is 0 Å². The molecule has 130 valence electrons. The lowest BCUT2D eigenvalue weighted by molar-refractivity contribution is 0.187. The first-order valence-corrected chi connectivity index (χ1v) is 9.73. The predicted molar refractivity (Wildman–Crippen MR) is 107 cm³/mol. The molecular weight excluding hydrogens is 352 g/mol. The van der Waals surface area contributed by atoms with Crippen LogP contribution in [-0.2, 0) is 6.42 Å². The second-order valence-electron chi connectivity index (χ2n) is 6.35. The summed E-state index contributed by atoms with van der Waals surface area (Å²) in [6, 6.07) is 16.3. The van der Waals surface area contributed by atoms with Gasteiger partial charge in [-0.1, -0.05) is 23.7 Å². The van der Waals surface area contributed by atoms with Gasteiger partial charge < -0.3 is 10.6 Å². The number of piperazine rings is 1. The first-order valence-electron chi connectivity index (χ1n) is 8.54. The third-order valence-corrected chi connectivity index (χ3v) is 6.01. The van der Waals surface area contributed by atoms with Crippen LogP contribution < -0.4 is 10.6 Å². The lowest BCUT2D eigenvalue weighted by Gasteiger charge is -2.38. The van der Waals surface area contributed by atoms with E-state index in [0.29, 0.717) is 0 Å². The lowest BCUT2D eigenvalue weighted by atomic mass is 10.2. The second kappa shape index (κ2) is 7.30. The van der Waals surface area contributed by atoms with Gasteiger partial charge in [0.2, 0.25) is 0 Å². The Kier molecular flexibility index (Phi) is 4.90. The largest absolute Gasteiger partial charge is 0.369 e. The summed E-state index contributed by atoms with van der Waals surface area (Å²) in [4.78, 5) is 9.45. The van der Waals surface area contributed by atoms with Crippen molar-refractivity contribution < 1.29 is 0 Å². The average Bonchev–Trinajstić information content (AvgIpc) is 3.05. The Morgan fingerprint density at radius 1 is 1.04 bits per heavy atom. The fraction of sp³-hybridized carbons (Fsp3) is 0.316. The molecule has 3 aromatic rings. The summed E-state index contributed by atoms with van der Waals surface area (Å²) in [5.41, 5.74) is 8.76. The van der Waals surface area contributed by atoms with Crippen molar-refractivity contribution in [1.29, 1.82) is 0 Å². The number of benzene rings is 2. The molecule has 4 nitrogen and oxygen atoms in total. The first kappa shape index (κ1) is 16.8. The molecule has 0 aliphatic carbocycles. The Morgan fingerprint density at radius 3 is 2.48 bits per heavy atom. The summed E-state index contributed by atoms with van der Waals surface area (Å²) in [7, 11) is 0. The highest BCUT2D eigenvalue weighted by Gasteiger charge is 2.22. The Morgan fingerprint density at radius 2 is 1.76 bits per heavy atom. The van der Waals surface area contributed by atoms with Crippen molar-refractivity contribution in [3.05, 3.63) is 58.6 Å². The van der Waals surface area contributed by atoms with Crippen LogP contribution in [0.25, 0.3) is 10.2 Å². The van der Waals surface area contributed by atoms with Crippen LogP contribution in [0.2, 0.25) is 5.02 Å². The number of aromatic nitrogens is 1. The summed E-state index contributed by atoms with van der Waals surface area (Å²) < 4.78 is 1.23. The number of nitrogens with two attached hydrogens (primary N) is 1. The average molecular weight is 373 g/mol. The van der Waals surface area contributed by atoms with Crippen LogP contribution in [0, 0.1) is 0 Å². The van der Waals surface area contributed by atoms with Crippen LogP contribution in [0.15, 0.2) is 48.5 Å². The Balaban J connectivity index is 1.36. The van der Waals surface area contributed by atoms with Gasteiger partial charge in [-0.2, -0.15) is 0 Å². The molecule has 1 aliphatic rings. The quantitative estimate of drug-likeness (QED) is 0.760. The van der Waals surface area contributed by atoms with Crippen LogP contribution in [0.5, 0.6) is 0 Å². The van der Waals surface area contributed by atoms with E-state index < -0.39 is 0 Å². The van der Waals surface area contributed by atoms with Crippen LogP contribution in [-0.4, -0.2) is 42.2 Å². The molecule has 0 saturated carbocycles. The first-order chi connectivity index (χ1) is 12.2. The molecule has 1 aliphatic heterocycles. The molecule has 2 aromatic carbocycles. The molecule has 0 amide bonds. The number of hydrogen-bond acceptors (Lipinski definition) is 5. The fourth-order valence-electron chi connectivity index (χ4n) is 3.28. The third kappa shape index (κ3) is 3.80. The van der Waals surface area contributed by atoms with E-state index in [2.05, 4.69) is 40.1 Å². The van der Waals surface area contributed by atoms with Crippen molar-refractivity contribution in [1.82, 2.24) is 9.88 Å². The minimum atomic E-state index is 0.0212. The lowest BCUT2D eigenvalue weighted by Crippen LogP contribution is -2.54. The van der Waals surface area contributed by atoms with E-state index in [4.69, 9.17) is 22.3 Å². The molecule has 4 rings (SSSR count). The van der Waals surface area contributed by atoms with Crippen molar-refractivity contribution in [2.24, 2.45) is 5.73 Å². The number of hydrogen-bond donors (Lipinski definition) is 1. The maximum atomic E-state index is 6.46. The van der Waals surface area contributed by atoms with E-state index in [1.807, 2.05) is 18.2 Å². The second-order valence-corrected chi connectivity index (χ2v) is 7.90. The van der Waals surface area contributed by atoms with E-state index in [-0.39, 0.29) is 6.17 Å². The third-order valence-electron chi connectivity index (χ3n) is 4.70. The number of para-hydroxylation sites is 1. The summed E-state index contributed by atoms with van der Waals surface area (Å²) in [6.07, 6.45) is 0.827. The standard InChI is InChI=1S/C19H21ClN4S/c20-14-5-7-15(8-6-14)23-9-11-24(12-10-23)18(21)13-19-22-16-3-1-2-4-17(16)25-19/h1-8,18H,9-13,21H2. The maximum Gasteiger partial charge on any atom is 0.0967 e. The number of thiazole rings is 1. The van der Waals surface area contributed by atoms with Crippen molar-refractivity contribution in [3.63, 3.8) is 0 Å². The molecular formula is C19H21ClN4S. The summed E-state index contributed by atoms with van der Waals surface area (Å²) >= 11 is 7.72. The number of fused-ring (bicyclic) bond motifs is 1. The maximum absolute atomic E-state index is 6.46. The predicted octanol–water partition coefficient (Wildman–Crippen LogP) is 3.60. The minimum Gasteiger partial charge on any atom is -0.369 e. The number of anilines is 1. The van der Waals surface area contributed by atoms with Crippen LogP contribution in [0.4, 0.5) is 5.69 Å². The number of rotatable bonds is 4. The normalized spacial score (nSPS) is 17.1. The van der Waals surface area contributed by atoms with E-state index in [1.165, 1.54) is 10.4 Å². The molecule has 1 saturated heterocycles. The molecule has 1 unspecified atom stereocenters. The van der Waals surface area contributed by atoms with Crippen molar-refractivity contribution in [2.45, 2.75) is 12.6 Å². The van der Waals surface area contributed by atoms with Gasteiger partial charge in [-0.05, 0) is 36.4 Å². The zero-order chi connectivity index (χ0) is 17.2.